The van der Waals surface area contributed by atoms with E-state index < -0.39 is 10.0 Å². The van der Waals surface area contributed by atoms with Crippen LogP contribution in [0.1, 0.15) is 62.7 Å². The van der Waals surface area contributed by atoms with Crippen LogP contribution in [0.3, 0.4) is 0 Å². The van der Waals surface area contributed by atoms with Gasteiger partial charge in [-0.2, -0.15) is 4.31 Å². The lowest BCUT2D eigenvalue weighted by Gasteiger charge is -2.52. The van der Waals surface area contributed by atoms with Crippen molar-refractivity contribution in [2.24, 2.45) is 0 Å². The van der Waals surface area contributed by atoms with Crippen molar-refractivity contribution in [2.45, 2.75) is 64.0 Å². The van der Waals surface area contributed by atoms with E-state index in [2.05, 4.69) is 17.1 Å². The minimum Gasteiger partial charge on any atom is -0.348 e. The average molecular weight is 458 g/mol. The highest BCUT2D eigenvalue weighted by molar-refractivity contribution is 7.89. The minimum absolute atomic E-state index is 0. The van der Waals surface area contributed by atoms with Gasteiger partial charge in [-0.1, -0.05) is 44.4 Å². The van der Waals surface area contributed by atoms with E-state index in [4.69, 9.17) is 0 Å². The third-order valence-electron chi connectivity index (χ3n) is 6.63. The van der Waals surface area contributed by atoms with Gasteiger partial charge in [0, 0.05) is 43.3 Å². The standard InChI is InChI=1S/C22H35N3O3S.ClH/c1-3-18-29(27,28)25-16-14-24(15-17-25)22(12-8-5-9-13-22)19(2)23-21(26)20-10-6-4-7-11-20;/h4,6-7,10-11,19H,3,5,8-9,12-18H2,1-2H3,(H,23,26);1H. The third kappa shape index (κ3) is 5.55. The van der Waals surface area contributed by atoms with Crippen LogP contribution < -0.4 is 5.32 Å². The Labute approximate surface area is 187 Å². The van der Waals surface area contributed by atoms with Crippen molar-refractivity contribution in [1.82, 2.24) is 14.5 Å². The van der Waals surface area contributed by atoms with Gasteiger partial charge in [0.1, 0.15) is 0 Å². The molecule has 2 aliphatic rings. The highest BCUT2D eigenvalue weighted by Gasteiger charge is 2.44. The van der Waals surface area contributed by atoms with Gasteiger partial charge in [0.2, 0.25) is 10.0 Å². The molecule has 0 bridgehead atoms. The number of nitrogens with zero attached hydrogens (tertiary/aromatic N) is 2. The second-order valence-electron chi connectivity index (χ2n) is 8.43. The number of sulfonamides is 1. The van der Waals surface area contributed by atoms with Gasteiger partial charge in [0.15, 0.2) is 0 Å². The van der Waals surface area contributed by atoms with Crippen LogP contribution in [0.2, 0.25) is 0 Å². The summed E-state index contributed by atoms with van der Waals surface area (Å²) in [4.78, 5) is 15.2. The molecule has 1 unspecified atom stereocenters. The Morgan fingerprint density at radius 3 is 2.23 bits per heavy atom. The van der Waals surface area contributed by atoms with Crippen molar-refractivity contribution < 1.29 is 13.2 Å². The normalized spacial score (nSPS) is 21.4. The van der Waals surface area contributed by atoms with E-state index in [-0.39, 0.29) is 35.6 Å². The number of hydrogen-bond acceptors (Lipinski definition) is 4. The molecule has 1 saturated heterocycles. The van der Waals surface area contributed by atoms with Crippen molar-refractivity contribution >= 4 is 28.3 Å². The van der Waals surface area contributed by atoms with E-state index in [1.54, 1.807) is 4.31 Å². The van der Waals surface area contributed by atoms with E-state index in [1.807, 2.05) is 37.3 Å². The maximum absolute atomic E-state index is 12.8. The summed E-state index contributed by atoms with van der Waals surface area (Å²) < 4.78 is 26.5. The molecule has 3 rings (SSSR count). The minimum atomic E-state index is -3.15. The summed E-state index contributed by atoms with van der Waals surface area (Å²) in [6.45, 7) is 6.57. The van der Waals surface area contributed by atoms with Crippen LogP contribution in [0.15, 0.2) is 30.3 Å². The molecular weight excluding hydrogens is 422 g/mol. The molecule has 30 heavy (non-hydrogen) atoms. The van der Waals surface area contributed by atoms with E-state index in [0.29, 0.717) is 25.1 Å². The first-order valence-electron chi connectivity index (χ1n) is 11.0. The Morgan fingerprint density at radius 1 is 1.07 bits per heavy atom. The predicted molar refractivity (Wildman–Crippen MR) is 124 cm³/mol. The Kier molecular flexibility index (Phi) is 9.15. The number of rotatable bonds is 7. The van der Waals surface area contributed by atoms with Gasteiger partial charge in [-0.05, 0) is 38.3 Å². The van der Waals surface area contributed by atoms with Gasteiger partial charge in [-0.3, -0.25) is 9.69 Å². The average Bonchev–Trinajstić information content (AvgIpc) is 2.75. The van der Waals surface area contributed by atoms with Gasteiger partial charge in [0.05, 0.1) is 5.75 Å². The molecular formula is C22H36ClN3O3S. The molecule has 8 heteroatoms. The first kappa shape index (κ1) is 25.1. The number of benzene rings is 1. The van der Waals surface area contributed by atoms with E-state index in [1.165, 1.54) is 6.42 Å². The van der Waals surface area contributed by atoms with Crippen molar-refractivity contribution in [1.29, 1.82) is 0 Å². The lowest BCUT2D eigenvalue weighted by molar-refractivity contribution is 0.000653. The van der Waals surface area contributed by atoms with Crippen LogP contribution in [0.25, 0.3) is 0 Å². The van der Waals surface area contributed by atoms with Crippen molar-refractivity contribution in [2.75, 3.05) is 31.9 Å². The molecule has 2 fully saturated rings. The SMILES string of the molecule is CCCS(=O)(=O)N1CCN(C2(C(C)NC(=O)c3ccccc3)CCCCC2)CC1.Cl. The van der Waals surface area contributed by atoms with Crippen molar-refractivity contribution in [3.63, 3.8) is 0 Å². The zero-order valence-corrected chi connectivity index (χ0v) is 19.8. The summed E-state index contributed by atoms with van der Waals surface area (Å²) in [6.07, 6.45) is 6.27. The monoisotopic (exact) mass is 457 g/mol. The van der Waals surface area contributed by atoms with E-state index in [9.17, 15) is 13.2 Å². The number of amides is 1. The molecule has 0 spiro atoms. The van der Waals surface area contributed by atoms with E-state index in [0.717, 1.165) is 38.8 Å². The Morgan fingerprint density at radius 2 is 1.67 bits per heavy atom. The third-order valence-corrected chi connectivity index (χ3v) is 8.71. The summed E-state index contributed by atoms with van der Waals surface area (Å²) in [6, 6.07) is 9.36. The summed E-state index contributed by atoms with van der Waals surface area (Å²) in [7, 11) is -3.15. The summed E-state index contributed by atoms with van der Waals surface area (Å²) in [5.41, 5.74) is 0.587. The van der Waals surface area contributed by atoms with Crippen LogP contribution in [0.4, 0.5) is 0 Å². The van der Waals surface area contributed by atoms with E-state index >= 15 is 0 Å². The molecule has 1 aromatic carbocycles. The smallest absolute Gasteiger partial charge is 0.251 e. The fourth-order valence-corrected chi connectivity index (χ4v) is 6.48. The largest absolute Gasteiger partial charge is 0.348 e. The first-order valence-corrected chi connectivity index (χ1v) is 12.6. The van der Waals surface area contributed by atoms with Crippen molar-refractivity contribution in [3.8, 4) is 0 Å². The molecule has 1 atom stereocenters. The molecule has 1 aliphatic heterocycles. The van der Waals surface area contributed by atoms with Crippen LogP contribution in [0, 0.1) is 0 Å². The Balaban J connectivity index is 0.00000320. The molecule has 1 amide bonds. The molecule has 170 valence electrons. The molecule has 1 N–H and O–H groups in total. The molecule has 1 aromatic rings. The Bertz CT molecular complexity index is 774. The zero-order valence-electron chi connectivity index (χ0n) is 18.2. The van der Waals surface area contributed by atoms with Gasteiger partial charge in [-0.15, -0.1) is 12.4 Å². The van der Waals surface area contributed by atoms with Crippen LogP contribution in [-0.4, -0.2) is 67.0 Å². The predicted octanol–water partition coefficient (Wildman–Crippen LogP) is 3.29. The zero-order chi connectivity index (χ0) is 20.9. The maximum atomic E-state index is 12.8. The number of carbonyl (C=O) groups is 1. The highest BCUT2D eigenvalue weighted by Crippen LogP contribution is 2.37. The van der Waals surface area contributed by atoms with Crippen LogP contribution in [-0.2, 0) is 10.0 Å². The number of nitrogens with one attached hydrogen (secondary N) is 1. The number of piperazine rings is 1. The lowest BCUT2D eigenvalue weighted by Crippen LogP contribution is -2.66. The molecule has 1 heterocycles. The van der Waals surface area contributed by atoms with Crippen molar-refractivity contribution in [3.05, 3.63) is 35.9 Å². The molecule has 0 aromatic heterocycles. The van der Waals surface area contributed by atoms with Gasteiger partial charge in [-0.25, -0.2) is 8.42 Å². The highest BCUT2D eigenvalue weighted by atomic mass is 35.5. The van der Waals surface area contributed by atoms with Crippen LogP contribution in [0.5, 0.6) is 0 Å². The molecule has 1 aliphatic carbocycles. The van der Waals surface area contributed by atoms with Gasteiger partial charge >= 0.3 is 0 Å². The topological polar surface area (TPSA) is 69.7 Å². The fraction of sp³-hybridized carbons (Fsp3) is 0.682. The lowest BCUT2D eigenvalue weighted by atomic mass is 9.75. The number of carbonyl (C=O) groups excluding carboxylic acids is 1. The summed E-state index contributed by atoms with van der Waals surface area (Å²) >= 11 is 0. The number of halogens is 1. The molecule has 1 saturated carbocycles. The summed E-state index contributed by atoms with van der Waals surface area (Å²) in [5, 5.41) is 3.25. The fourth-order valence-electron chi connectivity index (χ4n) is 4.99. The second-order valence-corrected chi connectivity index (χ2v) is 10.5. The van der Waals surface area contributed by atoms with Crippen LogP contribution >= 0.6 is 12.4 Å². The van der Waals surface area contributed by atoms with Gasteiger partial charge in [0.25, 0.3) is 5.91 Å². The summed E-state index contributed by atoms with van der Waals surface area (Å²) in [5.74, 6) is 0.189. The Hall–Kier alpha value is -1.15. The second kappa shape index (κ2) is 10.9. The first-order chi connectivity index (χ1) is 13.9. The number of hydrogen-bond donors (Lipinski definition) is 1. The van der Waals surface area contributed by atoms with Gasteiger partial charge < -0.3 is 5.32 Å². The molecule has 6 nitrogen and oxygen atoms in total. The quantitative estimate of drug-likeness (QED) is 0.682. The molecule has 0 radical (unpaired) electrons. The maximum Gasteiger partial charge on any atom is 0.251 e.